The molecule has 1 aromatic rings. The highest BCUT2D eigenvalue weighted by Crippen LogP contribution is 2.27. The number of rotatable bonds is 3. The van der Waals surface area contributed by atoms with Gasteiger partial charge in [-0.1, -0.05) is 11.6 Å². The Morgan fingerprint density at radius 3 is 2.53 bits per heavy atom. The SMILES string of the molecule is CC(=O)c1cc(Cl)c([N+](=O)[O-])cc1C=O. The predicted molar refractivity (Wildman–Crippen MR) is 53.5 cm³/mol. The van der Waals surface area contributed by atoms with Crippen LogP contribution in [0, 0.1) is 10.1 Å². The van der Waals surface area contributed by atoms with Crippen molar-refractivity contribution in [2.45, 2.75) is 6.92 Å². The van der Waals surface area contributed by atoms with E-state index in [1.54, 1.807) is 0 Å². The minimum absolute atomic E-state index is 0.0291. The molecule has 0 atom stereocenters. The molecule has 5 nitrogen and oxygen atoms in total. The lowest BCUT2D eigenvalue weighted by atomic mass is 10.0. The molecule has 0 fully saturated rings. The highest BCUT2D eigenvalue weighted by atomic mass is 35.5. The fourth-order valence-corrected chi connectivity index (χ4v) is 1.35. The molecule has 15 heavy (non-hydrogen) atoms. The lowest BCUT2D eigenvalue weighted by Crippen LogP contribution is -2.01. The number of benzene rings is 1. The summed E-state index contributed by atoms with van der Waals surface area (Å²) in [4.78, 5) is 31.5. The van der Waals surface area contributed by atoms with E-state index < -0.39 is 4.92 Å². The molecule has 0 aromatic heterocycles. The van der Waals surface area contributed by atoms with E-state index in [2.05, 4.69) is 0 Å². The lowest BCUT2D eigenvalue weighted by molar-refractivity contribution is -0.384. The molecule has 0 saturated carbocycles. The quantitative estimate of drug-likeness (QED) is 0.343. The summed E-state index contributed by atoms with van der Waals surface area (Å²) in [5.41, 5.74) is -0.331. The number of nitro groups is 1. The smallest absolute Gasteiger partial charge is 0.288 e. The predicted octanol–water partition coefficient (Wildman–Crippen LogP) is 2.26. The van der Waals surface area contributed by atoms with Crippen LogP contribution >= 0.6 is 11.6 Å². The van der Waals surface area contributed by atoms with Gasteiger partial charge < -0.3 is 0 Å². The van der Waals surface area contributed by atoms with Gasteiger partial charge in [-0.05, 0) is 13.0 Å². The zero-order valence-electron chi connectivity index (χ0n) is 7.69. The second-order valence-corrected chi connectivity index (χ2v) is 3.23. The molecule has 0 aliphatic rings. The molecule has 0 amide bonds. The maximum absolute atomic E-state index is 11.1. The number of Topliss-reactive ketones (excluding diaryl/α,β-unsaturated/α-hetero) is 1. The first-order valence-electron chi connectivity index (χ1n) is 3.91. The maximum atomic E-state index is 11.1. The molecule has 0 spiro atoms. The van der Waals surface area contributed by atoms with Crippen LogP contribution < -0.4 is 0 Å². The molecule has 0 aliphatic carbocycles. The average Bonchev–Trinajstić information content (AvgIpc) is 2.16. The van der Waals surface area contributed by atoms with E-state index in [1.165, 1.54) is 6.92 Å². The zero-order valence-corrected chi connectivity index (χ0v) is 8.45. The largest absolute Gasteiger partial charge is 0.298 e. The third-order valence-corrected chi connectivity index (χ3v) is 2.12. The number of halogens is 1. The van der Waals surface area contributed by atoms with Gasteiger partial charge in [0, 0.05) is 17.2 Å². The third kappa shape index (κ3) is 2.19. The third-order valence-electron chi connectivity index (χ3n) is 1.82. The number of hydrogen-bond donors (Lipinski definition) is 0. The standard InChI is InChI=1S/C9H6ClNO4/c1-5(13)7-3-8(10)9(11(14)15)2-6(7)4-12/h2-4H,1H3. The van der Waals surface area contributed by atoms with Crippen LogP contribution in [0.5, 0.6) is 0 Å². The molecule has 0 aliphatic heterocycles. The fourth-order valence-electron chi connectivity index (χ4n) is 1.12. The molecule has 0 bridgehead atoms. The molecule has 78 valence electrons. The molecular formula is C9H6ClNO4. The number of aldehydes is 1. The van der Waals surface area contributed by atoms with Crippen LogP contribution in [-0.4, -0.2) is 17.0 Å². The minimum atomic E-state index is -0.709. The van der Waals surface area contributed by atoms with Crippen molar-refractivity contribution < 1.29 is 14.5 Å². The van der Waals surface area contributed by atoms with Crippen LogP contribution in [-0.2, 0) is 0 Å². The fraction of sp³-hybridized carbons (Fsp3) is 0.111. The molecule has 0 unspecified atom stereocenters. The van der Waals surface area contributed by atoms with Crippen LogP contribution in [0.15, 0.2) is 12.1 Å². The summed E-state index contributed by atoms with van der Waals surface area (Å²) in [5.74, 6) is -0.367. The van der Waals surface area contributed by atoms with Crippen molar-refractivity contribution >= 4 is 29.4 Å². The van der Waals surface area contributed by atoms with E-state index >= 15 is 0 Å². The van der Waals surface area contributed by atoms with Gasteiger partial charge in [-0.15, -0.1) is 0 Å². The van der Waals surface area contributed by atoms with Crippen LogP contribution in [0.25, 0.3) is 0 Å². The summed E-state index contributed by atoms with van der Waals surface area (Å²) in [5, 5.41) is 10.3. The second kappa shape index (κ2) is 4.18. The van der Waals surface area contributed by atoms with Gasteiger partial charge in [0.05, 0.1) is 4.92 Å². The molecular weight excluding hydrogens is 222 g/mol. The van der Waals surface area contributed by atoms with Gasteiger partial charge in [0.15, 0.2) is 12.1 Å². The van der Waals surface area contributed by atoms with Gasteiger partial charge in [0.1, 0.15) is 5.02 Å². The molecule has 0 N–H and O–H groups in total. The van der Waals surface area contributed by atoms with Crippen LogP contribution in [0.2, 0.25) is 5.02 Å². The van der Waals surface area contributed by atoms with E-state index in [1.807, 2.05) is 0 Å². The summed E-state index contributed by atoms with van der Waals surface area (Å²) in [6.45, 7) is 1.25. The van der Waals surface area contributed by atoms with Crippen molar-refractivity contribution in [1.29, 1.82) is 0 Å². The van der Waals surface area contributed by atoms with E-state index in [0.29, 0.717) is 6.29 Å². The average molecular weight is 228 g/mol. The number of nitro benzene ring substituents is 1. The van der Waals surface area contributed by atoms with Gasteiger partial charge in [0.2, 0.25) is 0 Å². The Bertz CT molecular complexity index is 456. The van der Waals surface area contributed by atoms with Crippen molar-refractivity contribution in [3.63, 3.8) is 0 Å². The maximum Gasteiger partial charge on any atom is 0.288 e. The van der Waals surface area contributed by atoms with E-state index in [-0.39, 0.29) is 27.6 Å². The highest BCUT2D eigenvalue weighted by Gasteiger charge is 2.18. The summed E-state index contributed by atoms with van der Waals surface area (Å²) in [6, 6.07) is 2.12. The van der Waals surface area contributed by atoms with E-state index in [4.69, 9.17) is 11.6 Å². The van der Waals surface area contributed by atoms with Gasteiger partial charge in [-0.3, -0.25) is 19.7 Å². The topological polar surface area (TPSA) is 77.3 Å². The van der Waals surface area contributed by atoms with Crippen molar-refractivity contribution in [1.82, 2.24) is 0 Å². The Labute approximate surface area is 89.8 Å². The number of ketones is 1. The molecule has 1 rings (SSSR count). The normalized spacial score (nSPS) is 9.73. The summed E-state index contributed by atoms with van der Waals surface area (Å²) in [6.07, 6.45) is 0.389. The Hall–Kier alpha value is -1.75. The Kier molecular flexibility index (Phi) is 3.16. The lowest BCUT2D eigenvalue weighted by Gasteiger charge is -2.01. The Morgan fingerprint density at radius 2 is 2.13 bits per heavy atom. The van der Waals surface area contributed by atoms with Gasteiger partial charge in [-0.2, -0.15) is 0 Å². The number of carbonyl (C=O) groups is 2. The molecule has 6 heteroatoms. The minimum Gasteiger partial charge on any atom is -0.298 e. The summed E-state index contributed by atoms with van der Waals surface area (Å²) >= 11 is 5.59. The first-order valence-corrected chi connectivity index (χ1v) is 4.29. The molecule has 1 aromatic carbocycles. The second-order valence-electron chi connectivity index (χ2n) is 2.82. The molecule has 0 saturated heterocycles. The van der Waals surface area contributed by atoms with Crippen LogP contribution in [0.3, 0.4) is 0 Å². The van der Waals surface area contributed by atoms with Crippen molar-refractivity contribution in [2.75, 3.05) is 0 Å². The van der Waals surface area contributed by atoms with Crippen molar-refractivity contribution in [3.05, 3.63) is 38.4 Å². The molecule has 0 heterocycles. The zero-order chi connectivity index (χ0) is 11.6. The van der Waals surface area contributed by atoms with Crippen LogP contribution in [0.4, 0.5) is 5.69 Å². The van der Waals surface area contributed by atoms with Gasteiger partial charge in [0.25, 0.3) is 5.69 Å². The number of nitrogens with zero attached hydrogens (tertiary/aromatic N) is 1. The number of carbonyl (C=O) groups excluding carboxylic acids is 2. The number of hydrogen-bond acceptors (Lipinski definition) is 4. The monoisotopic (exact) mass is 227 g/mol. The summed E-state index contributed by atoms with van der Waals surface area (Å²) in [7, 11) is 0. The van der Waals surface area contributed by atoms with Crippen LogP contribution in [0.1, 0.15) is 27.6 Å². The Morgan fingerprint density at radius 1 is 1.53 bits per heavy atom. The summed E-state index contributed by atoms with van der Waals surface area (Å²) < 4.78 is 0. The van der Waals surface area contributed by atoms with E-state index in [9.17, 15) is 19.7 Å². The van der Waals surface area contributed by atoms with E-state index in [0.717, 1.165) is 12.1 Å². The first-order chi connectivity index (χ1) is 6.97. The van der Waals surface area contributed by atoms with Crippen molar-refractivity contribution in [3.8, 4) is 0 Å². The molecule has 0 radical (unpaired) electrons. The van der Waals surface area contributed by atoms with Crippen molar-refractivity contribution in [2.24, 2.45) is 0 Å². The van der Waals surface area contributed by atoms with Gasteiger partial charge >= 0.3 is 0 Å². The first kappa shape index (κ1) is 11.3. The van der Waals surface area contributed by atoms with Gasteiger partial charge in [-0.25, -0.2) is 0 Å². The Balaban J connectivity index is 3.48. The highest BCUT2D eigenvalue weighted by molar-refractivity contribution is 6.33.